The molecule has 2 aliphatic rings. The van der Waals surface area contributed by atoms with Crippen molar-refractivity contribution in [3.63, 3.8) is 0 Å². The molecular formula is C15H21BrN2S. The molecule has 0 atom stereocenters. The molecular weight excluding hydrogens is 320 g/mol. The smallest absolute Gasteiger partial charge is 0.0511 e. The number of hydrogen-bond acceptors (Lipinski definition) is 3. The van der Waals surface area contributed by atoms with Crippen molar-refractivity contribution in [1.29, 1.82) is 0 Å². The fraction of sp³-hybridized carbons (Fsp3) is 0.600. The van der Waals surface area contributed by atoms with Gasteiger partial charge in [0.25, 0.3) is 0 Å². The molecule has 0 unspecified atom stereocenters. The summed E-state index contributed by atoms with van der Waals surface area (Å²) in [6, 6.07) is 6.70. The Hall–Kier alpha value is -0.190. The Balaban J connectivity index is 1.67. The minimum atomic E-state index is 0.754. The van der Waals surface area contributed by atoms with Crippen molar-refractivity contribution in [2.45, 2.75) is 37.5 Å². The van der Waals surface area contributed by atoms with E-state index in [0.717, 1.165) is 12.0 Å². The Bertz CT molecular complexity index is 449. The van der Waals surface area contributed by atoms with Gasteiger partial charge in [-0.3, -0.25) is 4.72 Å². The molecule has 4 heteroatoms. The van der Waals surface area contributed by atoms with Gasteiger partial charge < -0.3 is 4.90 Å². The van der Waals surface area contributed by atoms with E-state index in [-0.39, 0.29) is 0 Å². The van der Waals surface area contributed by atoms with Crippen LogP contribution in [0.1, 0.15) is 32.6 Å². The summed E-state index contributed by atoms with van der Waals surface area (Å²) < 4.78 is 4.52. The number of halogens is 1. The van der Waals surface area contributed by atoms with Gasteiger partial charge in [-0.05, 0) is 77.2 Å². The lowest BCUT2D eigenvalue weighted by Gasteiger charge is -2.34. The van der Waals surface area contributed by atoms with Gasteiger partial charge in [0.1, 0.15) is 0 Å². The molecule has 0 amide bonds. The van der Waals surface area contributed by atoms with Gasteiger partial charge in [0.05, 0.1) is 5.69 Å². The number of benzene rings is 1. The van der Waals surface area contributed by atoms with E-state index < -0.39 is 0 Å². The number of hydrogen-bond donors (Lipinski definition) is 1. The second kappa shape index (κ2) is 5.66. The predicted octanol–water partition coefficient (Wildman–Crippen LogP) is 4.45. The highest BCUT2D eigenvalue weighted by Crippen LogP contribution is 2.54. The number of anilines is 1. The van der Waals surface area contributed by atoms with E-state index in [1.165, 1.54) is 53.8 Å². The molecule has 1 aromatic rings. The van der Waals surface area contributed by atoms with E-state index in [0.29, 0.717) is 0 Å². The largest absolute Gasteiger partial charge is 0.371 e. The summed E-state index contributed by atoms with van der Waals surface area (Å²) in [5.41, 5.74) is 2.11. The summed E-state index contributed by atoms with van der Waals surface area (Å²) in [6.45, 7) is 5.55. The number of nitrogens with zero attached hydrogens (tertiary/aromatic N) is 1. The quantitative estimate of drug-likeness (QED) is 0.815. The third kappa shape index (κ3) is 3.11. The molecule has 1 spiro atoms. The van der Waals surface area contributed by atoms with Crippen LogP contribution in [0, 0.1) is 5.41 Å². The normalized spacial score (nSPS) is 20.8. The summed E-state index contributed by atoms with van der Waals surface area (Å²) >= 11 is 5.44. The Morgan fingerprint density at radius 2 is 2.00 bits per heavy atom. The van der Waals surface area contributed by atoms with Crippen molar-refractivity contribution in [2.75, 3.05) is 24.5 Å². The zero-order valence-electron chi connectivity index (χ0n) is 11.4. The van der Waals surface area contributed by atoms with Crippen LogP contribution in [0.3, 0.4) is 0 Å². The van der Waals surface area contributed by atoms with Crippen molar-refractivity contribution in [2.24, 2.45) is 5.41 Å². The van der Waals surface area contributed by atoms with Gasteiger partial charge in [-0.15, -0.1) is 0 Å². The molecule has 0 radical (unpaired) electrons. The Morgan fingerprint density at radius 3 is 2.58 bits per heavy atom. The van der Waals surface area contributed by atoms with Crippen LogP contribution in [0.4, 0.5) is 5.69 Å². The SMILES string of the molecule is CCNSc1ccc(N2CCC3(CC2)CC3)c(Br)c1. The van der Waals surface area contributed by atoms with Gasteiger partial charge in [0.15, 0.2) is 0 Å². The second-order valence-corrected chi connectivity index (χ2v) is 7.52. The topological polar surface area (TPSA) is 15.3 Å². The monoisotopic (exact) mass is 340 g/mol. The highest BCUT2D eigenvalue weighted by Gasteiger charge is 2.44. The standard InChI is InChI=1S/C15H21BrN2S/c1-2-17-19-12-3-4-14(13(16)11-12)18-9-7-15(5-6-15)8-10-18/h3-4,11,17H,2,5-10H2,1H3. The molecule has 1 saturated heterocycles. The van der Waals surface area contributed by atoms with Crippen molar-refractivity contribution in [3.05, 3.63) is 22.7 Å². The zero-order chi connectivity index (χ0) is 13.3. The third-order valence-electron chi connectivity index (χ3n) is 4.38. The molecule has 104 valence electrons. The number of piperidine rings is 1. The molecule has 2 fully saturated rings. The minimum absolute atomic E-state index is 0.754. The van der Waals surface area contributed by atoms with E-state index >= 15 is 0 Å². The minimum Gasteiger partial charge on any atom is -0.371 e. The number of rotatable bonds is 4. The van der Waals surface area contributed by atoms with Crippen molar-refractivity contribution in [1.82, 2.24) is 4.72 Å². The Morgan fingerprint density at radius 1 is 1.26 bits per heavy atom. The van der Waals surface area contributed by atoms with Crippen LogP contribution in [0.2, 0.25) is 0 Å². The van der Waals surface area contributed by atoms with Crippen LogP contribution in [-0.2, 0) is 0 Å². The lowest BCUT2D eigenvalue weighted by atomic mass is 9.93. The first kappa shape index (κ1) is 13.8. The second-order valence-electron chi connectivity index (χ2n) is 5.70. The van der Waals surface area contributed by atoms with Crippen molar-refractivity contribution in [3.8, 4) is 0 Å². The van der Waals surface area contributed by atoms with Gasteiger partial charge in [-0.1, -0.05) is 6.92 Å². The maximum absolute atomic E-state index is 3.74. The molecule has 19 heavy (non-hydrogen) atoms. The maximum atomic E-state index is 3.74. The summed E-state index contributed by atoms with van der Waals surface area (Å²) in [4.78, 5) is 3.81. The van der Waals surface area contributed by atoms with Crippen LogP contribution >= 0.6 is 27.9 Å². The first-order valence-electron chi connectivity index (χ1n) is 7.17. The summed E-state index contributed by atoms with van der Waals surface area (Å²) in [5.74, 6) is 0. The highest BCUT2D eigenvalue weighted by atomic mass is 79.9. The molecule has 1 aliphatic heterocycles. The summed E-state index contributed by atoms with van der Waals surface area (Å²) in [5, 5.41) is 0. The van der Waals surface area contributed by atoms with Gasteiger partial charge in [0, 0.05) is 29.0 Å². The van der Waals surface area contributed by atoms with E-state index in [2.05, 4.69) is 50.7 Å². The fourth-order valence-electron chi connectivity index (χ4n) is 2.86. The molecule has 0 bridgehead atoms. The maximum Gasteiger partial charge on any atom is 0.0511 e. The molecule has 1 aromatic carbocycles. The van der Waals surface area contributed by atoms with Crippen LogP contribution in [-0.4, -0.2) is 19.6 Å². The fourth-order valence-corrected chi connectivity index (χ4v) is 4.27. The van der Waals surface area contributed by atoms with Crippen molar-refractivity contribution >= 4 is 33.6 Å². The predicted molar refractivity (Wildman–Crippen MR) is 86.8 cm³/mol. The molecule has 1 N–H and O–H groups in total. The first-order chi connectivity index (χ1) is 9.22. The molecule has 2 nitrogen and oxygen atoms in total. The average Bonchev–Trinajstić information content (AvgIpc) is 3.18. The van der Waals surface area contributed by atoms with E-state index in [4.69, 9.17) is 0 Å². The molecule has 0 aromatic heterocycles. The molecule has 3 rings (SSSR count). The third-order valence-corrected chi connectivity index (χ3v) is 5.93. The molecule has 1 saturated carbocycles. The first-order valence-corrected chi connectivity index (χ1v) is 8.78. The van der Waals surface area contributed by atoms with Crippen LogP contribution < -0.4 is 9.62 Å². The van der Waals surface area contributed by atoms with E-state index in [1.54, 1.807) is 11.9 Å². The molecule has 1 aliphatic carbocycles. The Kier molecular flexibility index (Phi) is 4.11. The van der Waals surface area contributed by atoms with Gasteiger partial charge in [0.2, 0.25) is 0 Å². The van der Waals surface area contributed by atoms with Crippen LogP contribution in [0.25, 0.3) is 0 Å². The van der Waals surface area contributed by atoms with Gasteiger partial charge in [-0.25, -0.2) is 0 Å². The van der Waals surface area contributed by atoms with Crippen LogP contribution in [0.5, 0.6) is 0 Å². The average molecular weight is 341 g/mol. The van der Waals surface area contributed by atoms with Crippen LogP contribution in [0.15, 0.2) is 27.6 Å². The van der Waals surface area contributed by atoms with Gasteiger partial charge >= 0.3 is 0 Å². The van der Waals surface area contributed by atoms with Gasteiger partial charge in [-0.2, -0.15) is 0 Å². The van der Waals surface area contributed by atoms with Crippen molar-refractivity contribution < 1.29 is 0 Å². The number of nitrogens with one attached hydrogen (secondary N) is 1. The summed E-state index contributed by atoms with van der Waals surface area (Å²) in [7, 11) is 0. The Labute approximate surface area is 128 Å². The highest BCUT2D eigenvalue weighted by molar-refractivity contribution is 9.10. The lowest BCUT2D eigenvalue weighted by molar-refractivity contribution is 0.384. The zero-order valence-corrected chi connectivity index (χ0v) is 13.8. The van der Waals surface area contributed by atoms with E-state index in [1.807, 2.05) is 0 Å². The van der Waals surface area contributed by atoms with E-state index in [9.17, 15) is 0 Å². The summed E-state index contributed by atoms with van der Waals surface area (Å²) in [6.07, 6.45) is 5.71. The lowest BCUT2D eigenvalue weighted by Crippen LogP contribution is -2.34. The molecule has 1 heterocycles.